The van der Waals surface area contributed by atoms with Crippen molar-refractivity contribution in [1.82, 2.24) is 0 Å². The molecule has 0 amide bonds. The van der Waals surface area contributed by atoms with Crippen molar-refractivity contribution >= 4 is 0 Å². The van der Waals surface area contributed by atoms with E-state index in [0.717, 1.165) is 0 Å². The van der Waals surface area contributed by atoms with E-state index in [1.54, 1.807) is 0 Å². The van der Waals surface area contributed by atoms with Gasteiger partial charge in [0.2, 0.25) is 0 Å². The summed E-state index contributed by atoms with van der Waals surface area (Å²) >= 11 is 0. The zero-order valence-electron chi connectivity index (χ0n) is 1.67. The van der Waals surface area contributed by atoms with Crippen LogP contribution in [0, 0.1) is 0 Å². The summed E-state index contributed by atoms with van der Waals surface area (Å²) in [5.74, 6) is 0. The molecule has 3 nitrogen and oxygen atoms in total. The van der Waals surface area contributed by atoms with Crippen molar-refractivity contribution in [2.75, 3.05) is 0 Å². The Morgan fingerprint density at radius 1 is 0.500 bits per heavy atom. The minimum absolute atomic E-state index is 0. The number of hydrogen-bond donors (Lipinski definition) is 0. The van der Waals surface area contributed by atoms with Gasteiger partial charge in [-0.2, -0.15) is 0 Å². The Bertz CT molecular complexity index is 3.25. The zero-order valence-corrected chi connectivity index (χ0v) is 4.07. The molecule has 0 radical (unpaired) electrons. The van der Waals surface area contributed by atoms with Gasteiger partial charge in [0.1, 0.15) is 0 Å². The van der Waals surface area contributed by atoms with Crippen LogP contribution in [0.3, 0.4) is 0 Å². The Morgan fingerprint density at radius 2 is 0.500 bits per heavy atom. The van der Waals surface area contributed by atoms with Crippen molar-refractivity contribution in [1.29, 1.82) is 0 Å². The maximum absolute atomic E-state index is 0. The van der Waals surface area contributed by atoms with Gasteiger partial charge in [-0.3, -0.25) is 0 Å². The van der Waals surface area contributed by atoms with Crippen LogP contribution in [0.1, 0.15) is 0 Å². The van der Waals surface area contributed by atoms with E-state index in [-0.39, 0.29) is 36.5 Å². The van der Waals surface area contributed by atoms with E-state index in [1.807, 2.05) is 0 Å². The van der Waals surface area contributed by atoms with Crippen LogP contribution in [-0.2, 0) is 20.1 Å². The third-order valence-corrected chi connectivity index (χ3v) is 0. The molecule has 0 fully saturated rings. The summed E-state index contributed by atoms with van der Waals surface area (Å²) in [5, 5.41) is 0. The van der Waals surface area contributed by atoms with Crippen molar-refractivity contribution in [2.45, 2.75) is 0 Å². The van der Waals surface area contributed by atoms with Gasteiger partial charge in [0.05, 0.1) is 0 Å². The minimum atomic E-state index is 0. The van der Waals surface area contributed by atoms with Crippen LogP contribution in [0.25, 0.3) is 0 Å². The van der Waals surface area contributed by atoms with Gasteiger partial charge >= 0.3 is 20.1 Å². The van der Waals surface area contributed by atoms with E-state index in [4.69, 9.17) is 0 Å². The van der Waals surface area contributed by atoms with Crippen molar-refractivity contribution < 1.29 is 36.5 Å². The molecule has 0 unspecified atom stereocenters. The van der Waals surface area contributed by atoms with Gasteiger partial charge < -0.3 is 16.4 Å². The van der Waals surface area contributed by atoms with Gasteiger partial charge in [-0.15, -0.1) is 0 Å². The first-order valence-corrected chi connectivity index (χ1v) is 0. The molecule has 0 heterocycles. The summed E-state index contributed by atoms with van der Waals surface area (Å²) in [7, 11) is 0. The van der Waals surface area contributed by atoms with E-state index < -0.39 is 0 Å². The molecule has 0 aliphatic carbocycles. The maximum atomic E-state index is 0. The molecule has 0 aromatic heterocycles. The summed E-state index contributed by atoms with van der Waals surface area (Å²) < 4.78 is 0. The molecule has 0 saturated heterocycles. The summed E-state index contributed by atoms with van der Waals surface area (Å²) in [4.78, 5) is 0. The van der Waals surface area contributed by atoms with Crippen molar-refractivity contribution in [3.8, 4) is 0 Å². The molecule has 4 heavy (non-hydrogen) atoms. The van der Waals surface area contributed by atoms with E-state index in [9.17, 15) is 0 Å². The summed E-state index contributed by atoms with van der Waals surface area (Å²) in [6, 6.07) is 0. The van der Waals surface area contributed by atoms with Crippen LogP contribution in [0.5, 0.6) is 0 Å². The molecule has 0 bridgehead atoms. The fourth-order valence-electron chi connectivity index (χ4n) is 0. The third kappa shape index (κ3) is 21.1. The first-order chi connectivity index (χ1) is 0. The molecular weight excluding hydrogens is 240 g/mol. The molecule has 0 aromatic carbocycles. The van der Waals surface area contributed by atoms with Gasteiger partial charge in [-0.1, -0.05) is 0 Å². The quantitative estimate of drug-likeness (QED) is 0.572. The van der Waals surface area contributed by atoms with Crippen LogP contribution in [0.4, 0.5) is 0 Å². The van der Waals surface area contributed by atoms with E-state index in [1.165, 1.54) is 0 Å². The Balaban J connectivity index is 0. The van der Waals surface area contributed by atoms with E-state index in [2.05, 4.69) is 0 Å². The van der Waals surface area contributed by atoms with Gasteiger partial charge in [-0.25, -0.2) is 0 Å². The first kappa shape index (κ1) is 201. The molecule has 0 aliphatic rings. The monoisotopic (exact) mass is 244 g/mol. The van der Waals surface area contributed by atoms with Gasteiger partial charge in [0.15, 0.2) is 0 Å². The Kier molecular flexibility index (Phi) is 4060. The standard InChI is InChI=1S/Ir.3H2O/h;3*1H2/q+3;;;/p-3. The molecule has 0 saturated carbocycles. The SMILES string of the molecule is [Ir+3].[OH-].[OH-].[OH-]. The minimum Gasteiger partial charge on any atom is -0.870 e. The average molecular weight is 243 g/mol. The predicted octanol–water partition coefficient (Wildman–Crippen LogP) is -0.533. The Hall–Kier alpha value is 0.529. The number of rotatable bonds is 0. The van der Waals surface area contributed by atoms with Crippen LogP contribution >= 0.6 is 0 Å². The molecule has 0 aliphatic heterocycles. The van der Waals surface area contributed by atoms with E-state index >= 15 is 0 Å². The third-order valence-electron chi connectivity index (χ3n) is 0. The van der Waals surface area contributed by atoms with Gasteiger partial charge in [0.25, 0.3) is 0 Å². The maximum Gasteiger partial charge on any atom is 3.00 e. The Labute approximate surface area is 37.3 Å². The van der Waals surface area contributed by atoms with Gasteiger partial charge in [-0.05, 0) is 0 Å². The predicted molar refractivity (Wildman–Crippen MR) is 5.81 cm³/mol. The summed E-state index contributed by atoms with van der Waals surface area (Å²) in [6.07, 6.45) is 0. The van der Waals surface area contributed by atoms with Crippen LogP contribution in [-0.4, -0.2) is 16.4 Å². The molecule has 0 atom stereocenters. The molecule has 0 aromatic rings. The average Bonchev–Trinajstić information content (AvgIpc) is 0. The first-order valence-electron chi connectivity index (χ1n) is 0. The fraction of sp³-hybridized carbons (Fsp3) is 0. The normalized spacial score (nSPS) is 0. The second-order valence-electron chi connectivity index (χ2n) is 0. The van der Waals surface area contributed by atoms with Crippen LogP contribution < -0.4 is 0 Å². The molecular formula is H3IrO3. The molecule has 3 N–H and O–H groups in total. The zero-order chi connectivity index (χ0) is 0. The fourth-order valence-corrected chi connectivity index (χ4v) is 0. The smallest absolute Gasteiger partial charge is 0.870 e. The topological polar surface area (TPSA) is 90.0 Å². The molecule has 30 valence electrons. The molecule has 4 heteroatoms. The molecule has 0 spiro atoms. The second-order valence-corrected chi connectivity index (χ2v) is 0. The van der Waals surface area contributed by atoms with Crippen LogP contribution in [0.15, 0.2) is 0 Å². The number of hydrogen-bond acceptors (Lipinski definition) is 3. The van der Waals surface area contributed by atoms with Crippen molar-refractivity contribution in [2.24, 2.45) is 0 Å². The van der Waals surface area contributed by atoms with Crippen molar-refractivity contribution in [3.63, 3.8) is 0 Å². The largest absolute Gasteiger partial charge is 3.00 e. The van der Waals surface area contributed by atoms with Crippen molar-refractivity contribution in [3.05, 3.63) is 0 Å². The Morgan fingerprint density at radius 3 is 0.500 bits per heavy atom. The molecule has 0 rings (SSSR count). The summed E-state index contributed by atoms with van der Waals surface area (Å²) in [5.41, 5.74) is 0. The van der Waals surface area contributed by atoms with E-state index in [0.29, 0.717) is 0 Å². The summed E-state index contributed by atoms with van der Waals surface area (Å²) in [6.45, 7) is 0. The second kappa shape index (κ2) is 80.6. The van der Waals surface area contributed by atoms with Gasteiger partial charge in [0, 0.05) is 0 Å². The van der Waals surface area contributed by atoms with Crippen LogP contribution in [0.2, 0.25) is 0 Å².